The van der Waals surface area contributed by atoms with Crippen LogP contribution in [0.3, 0.4) is 0 Å². The minimum Gasteiger partial charge on any atom is -0.372 e. The van der Waals surface area contributed by atoms with Crippen LogP contribution in [0.1, 0.15) is 12.8 Å². The van der Waals surface area contributed by atoms with Crippen molar-refractivity contribution < 1.29 is 4.79 Å². The molecule has 0 spiro atoms. The molecule has 1 aliphatic heterocycles. The van der Waals surface area contributed by atoms with Crippen molar-refractivity contribution in [1.82, 2.24) is 10.6 Å². The van der Waals surface area contributed by atoms with Crippen molar-refractivity contribution in [3.05, 3.63) is 0 Å². The van der Waals surface area contributed by atoms with Crippen molar-refractivity contribution in [2.24, 2.45) is 4.99 Å². The molecule has 62 valence electrons. The summed E-state index contributed by atoms with van der Waals surface area (Å²) in [7, 11) is 1.65. The molecule has 4 nitrogen and oxygen atoms in total. The SMILES string of the molecule is CNC(=O)CCC1=NCCN1. The monoisotopic (exact) mass is 155 g/mol. The molecular weight excluding hydrogens is 142 g/mol. The lowest BCUT2D eigenvalue weighted by Crippen LogP contribution is -2.23. The lowest BCUT2D eigenvalue weighted by molar-refractivity contribution is -0.120. The summed E-state index contributed by atoms with van der Waals surface area (Å²) in [6, 6.07) is 0. The zero-order valence-electron chi connectivity index (χ0n) is 6.68. The van der Waals surface area contributed by atoms with Gasteiger partial charge in [-0.1, -0.05) is 0 Å². The standard InChI is InChI=1S/C7H13N3O/c1-8-7(11)3-2-6-9-4-5-10-6/h2-5H2,1H3,(H,8,11)(H,9,10). The Morgan fingerprint density at radius 2 is 2.64 bits per heavy atom. The first kappa shape index (κ1) is 8.04. The number of rotatable bonds is 3. The summed E-state index contributed by atoms with van der Waals surface area (Å²) in [5.41, 5.74) is 0. The van der Waals surface area contributed by atoms with E-state index in [-0.39, 0.29) is 5.91 Å². The van der Waals surface area contributed by atoms with Crippen molar-refractivity contribution in [1.29, 1.82) is 0 Å². The zero-order chi connectivity index (χ0) is 8.10. The summed E-state index contributed by atoms with van der Waals surface area (Å²) in [5, 5.41) is 5.67. The van der Waals surface area contributed by atoms with E-state index in [9.17, 15) is 4.79 Å². The molecule has 0 aromatic heterocycles. The van der Waals surface area contributed by atoms with Crippen LogP contribution >= 0.6 is 0 Å². The predicted octanol–water partition coefficient (Wildman–Crippen LogP) is -0.486. The fraction of sp³-hybridized carbons (Fsp3) is 0.714. The first-order valence-corrected chi connectivity index (χ1v) is 3.80. The predicted molar refractivity (Wildman–Crippen MR) is 43.6 cm³/mol. The molecule has 4 heteroatoms. The molecule has 1 rings (SSSR count). The van der Waals surface area contributed by atoms with Gasteiger partial charge in [-0.2, -0.15) is 0 Å². The average molecular weight is 155 g/mol. The summed E-state index contributed by atoms with van der Waals surface area (Å²) < 4.78 is 0. The third-order valence-corrected chi connectivity index (χ3v) is 1.61. The van der Waals surface area contributed by atoms with Crippen LogP contribution in [-0.4, -0.2) is 31.9 Å². The number of amidine groups is 1. The molecule has 2 N–H and O–H groups in total. The summed E-state index contributed by atoms with van der Waals surface area (Å²) in [4.78, 5) is 14.9. The van der Waals surface area contributed by atoms with E-state index in [0.717, 1.165) is 25.3 Å². The maximum Gasteiger partial charge on any atom is 0.220 e. The molecule has 0 bridgehead atoms. The van der Waals surface area contributed by atoms with E-state index in [4.69, 9.17) is 0 Å². The maximum absolute atomic E-state index is 10.8. The lowest BCUT2D eigenvalue weighted by Gasteiger charge is -2.00. The van der Waals surface area contributed by atoms with Crippen molar-refractivity contribution in [2.45, 2.75) is 12.8 Å². The molecule has 0 aromatic carbocycles. The Morgan fingerprint density at radius 1 is 1.82 bits per heavy atom. The number of carbonyl (C=O) groups excluding carboxylic acids is 1. The Morgan fingerprint density at radius 3 is 3.18 bits per heavy atom. The van der Waals surface area contributed by atoms with E-state index in [1.807, 2.05) is 0 Å². The van der Waals surface area contributed by atoms with Gasteiger partial charge < -0.3 is 10.6 Å². The third-order valence-electron chi connectivity index (χ3n) is 1.61. The largest absolute Gasteiger partial charge is 0.372 e. The van der Waals surface area contributed by atoms with Gasteiger partial charge in [-0.05, 0) is 0 Å². The fourth-order valence-corrected chi connectivity index (χ4v) is 0.971. The van der Waals surface area contributed by atoms with Gasteiger partial charge in [0.2, 0.25) is 5.91 Å². The highest BCUT2D eigenvalue weighted by Crippen LogP contribution is 1.94. The minimum absolute atomic E-state index is 0.0707. The lowest BCUT2D eigenvalue weighted by atomic mass is 10.3. The van der Waals surface area contributed by atoms with Gasteiger partial charge in [0.25, 0.3) is 0 Å². The summed E-state index contributed by atoms with van der Waals surface area (Å²) in [6.45, 7) is 1.77. The van der Waals surface area contributed by atoms with Gasteiger partial charge in [0.15, 0.2) is 0 Å². The van der Waals surface area contributed by atoms with Crippen LogP contribution in [0.2, 0.25) is 0 Å². The van der Waals surface area contributed by atoms with Crippen molar-refractivity contribution in [2.75, 3.05) is 20.1 Å². The molecule has 0 atom stereocenters. The van der Waals surface area contributed by atoms with E-state index < -0.39 is 0 Å². The number of amides is 1. The van der Waals surface area contributed by atoms with Gasteiger partial charge in [0.05, 0.1) is 12.4 Å². The van der Waals surface area contributed by atoms with Crippen molar-refractivity contribution in [3.8, 4) is 0 Å². The van der Waals surface area contributed by atoms with E-state index >= 15 is 0 Å². The molecule has 0 aliphatic carbocycles. The number of carbonyl (C=O) groups is 1. The van der Waals surface area contributed by atoms with Gasteiger partial charge in [-0.3, -0.25) is 9.79 Å². The van der Waals surface area contributed by atoms with E-state index in [2.05, 4.69) is 15.6 Å². The van der Waals surface area contributed by atoms with Crippen LogP contribution in [0.15, 0.2) is 4.99 Å². The van der Waals surface area contributed by atoms with Crippen LogP contribution < -0.4 is 10.6 Å². The number of nitrogens with zero attached hydrogens (tertiary/aromatic N) is 1. The van der Waals surface area contributed by atoms with Gasteiger partial charge in [-0.15, -0.1) is 0 Å². The first-order valence-electron chi connectivity index (χ1n) is 3.80. The van der Waals surface area contributed by atoms with Gasteiger partial charge in [0, 0.05) is 26.4 Å². The van der Waals surface area contributed by atoms with Gasteiger partial charge >= 0.3 is 0 Å². The fourth-order valence-electron chi connectivity index (χ4n) is 0.971. The van der Waals surface area contributed by atoms with Crippen LogP contribution in [0, 0.1) is 0 Å². The number of aliphatic imine (C=N–C) groups is 1. The van der Waals surface area contributed by atoms with Crippen LogP contribution in [0.4, 0.5) is 0 Å². The second kappa shape index (κ2) is 3.95. The topological polar surface area (TPSA) is 53.5 Å². The van der Waals surface area contributed by atoms with E-state index in [1.54, 1.807) is 7.05 Å². The highest BCUT2D eigenvalue weighted by atomic mass is 16.1. The van der Waals surface area contributed by atoms with E-state index in [0.29, 0.717) is 6.42 Å². The first-order chi connectivity index (χ1) is 5.33. The molecule has 0 unspecified atom stereocenters. The Balaban J connectivity index is 2.16. The number of hydrogen-bond acceptors (Lipinski definition) is 3. The maximum atomic E-state index is 10.8. The van der Waals surface area contributed by atoms with Gasteiger partial charge in [0.1, 0.15) is 0 Å². The van der Waals surface area contributed by atoms with E-state index in [1.165, 1.54) is 0 Å². The number of nitrogens with one attached hydrogen (secondary N) is 2. The molecular formula is C7H13N3O. The molecule has 0 saturated carbocycles. The second-order valence-corrected chi connectivity index (χ2v) is 2.43. The van der Waals surface area contributed by atoms with Crippen LogP contribution in [-0.2, 0) is 4.79 Å². The summed E-state index contributed by atoms with van der Waals surface area (Å²) in [6.07, 6.45) is 1.27. The number of hydrogen-bond donors (Lipinski definition) is 2. The Labute approximate surface area is 66.1 Å². The quantitative estimate of drug-likeness (QED) is 0.578. The van der Waals surface area contributed by atoms with Crippen LogP contribution in [0.5, 0.6) is 0 Å². The minimum atomic E-state index is 0.0707. The average Bonchev–Trinajstić information content (AvgIpc) is 2.52. The third kappa shape index (κ3) is 2.57. The van der Waals surface area contributed by atoms with Gasteiger partial charge in [-0.25, -0.2) is 0 Å². The highest BCUT2D eigenvalue weighted by Gasteiger charge is 2.06. The molecule has 0 radical (unpaired) electrons. The molecule has 0 fully saturated rings. The smallest absolute Gasteiger partial charge is 0.220 e. The molecule has 0 saturated heterocycles. The Kier molecular flexibility index (Phi) is 2.89. The Bertz CT molecular complexity index is 177. The molecule has 0 aromatic rings. The van der Waals surface area contributed by atoms with Crippen molar-refractivity contribution >= 4 is 11.7 Å². The summed E-state index contributed by atoms with van der Waals surface area (Å²) in [5.74, 6) is 1.04. The Hall–Kier alpha value is -1.06. The van der Waals surface area contributed by atoms with Crippen molar-refractivity contribution in [3.63, 3.8) is 0 Å². The van der Waals surface area contributed by atoms with Crippen LogP contribution in [0.25, 0.3) is 0 Å². The molecule has 1 amide bonds. The highest BCUT2D eigenvalue weighted by molar-refractivity contribution is 5.87. The molecule has 1 heterocycles. The molecule has 1 aliphatic rings. The normalized spacial score (nSPS) is 15.5. The summed E-state index contributed by atoms with van der Waals surface area (Å²) >= 11 is 0. The second-order valence-electron chi connectivity index (χ2n) is 2.43. The zero-order valence-corrected chi connectivity index (χ0v) is 6.68. The molecule has 11 heavy (non-hydrogen) atoms.